The molecule has 1 aliphatic rings. The Hall–Kier alpha value is -1.59. The predicted octanol–water partition coefficient (Wildman–Crippen LogP) is 1.46. The molecule has 5 nitrogen and oxygen atoms in total. The molecule has 0 bridgehead atoms. The topological polar surface area (TPSA) is 50.8 Å². The highest BCUT2D eigenvalue weighted by molar-refractivity contribution is 5.81. The van der Waals surface area contributed by atoms with Gasteiger partial charge in [-0.1, -0.05) is 12.1 Å². The van der Waals surface area contributed by atoms with Crippen molar-refractivity contribution in [1.29, 1.82) is 0 Å². The summed E-state index contributed by atoms with van der Waals surface area (Å²) in [4.78, 5) is 14.4. The molecule has 0 aliphatic carbocycles. The van der Waals surface area contributed by atoms with Gasteiger partial charge in [-0.3, -0.25) is 9.69 Å². The summed E-state index contributed by atoms with van der Waals surface area (Å²) in [7, 11) is 1.66. The molecule has 122 valence electrons. The minimum absolute atomic E-state index is 0.0858. The Morgan fingerprint density at radius 2 is 2.18 bits per heavy atom. The van der Waals surface area contributed by atoms with Crippen LogP contribution in [0.3, 0.4) is 0 Å². The smallest absolute Gasteiger partial charge is 0.237 e. The average molecular weight is 306 g/mol. The molecule has 0 aromatic heterocycles. The highest BCUT2D eigenvalue weighted by atomic mass is 16.5. The number of benzene rings is 1. The first-order chi connectivity index (χ1) is 10.6. The van der Waals surface area contributed by atoms with Gasteiger partial charge in [0, 0.05) is 19.6 Å². The van der Waals surface area contributed by atoms with E-state index in [1.807, 2.05) is 38.1 Å². The van der Waals surface area contributed by atoms with E-state index in [-0.39, 0.29) is 18.1 Å². The number of nitrogens with zero attached hydrogens (tertiary/aromatic N) is 1. The molecule has 0 radical (unpaired) electrons. The third-order valence-electron chi connectivity index (χ3n) is 4.07. The first-order valence-electron chi connectivity index (χ1n) is 7.86. The molecular weight excluding hydrogens is 280 g/mol. The molecule has 0 saturated carbocycles. The van der Waals surface area contributed by atoms with Crippen molar-refractivity contribution in [3.63, 3.8) is 0 Å². The van der Waals surface area contributed by atoms with Crippen LogP contribution in [0.5, 0.6) is 5.75 Å². The molecule has 1 aromatic carbocycles. The summed E-state index contributed by atoms with van der Waals surface area (Å²) in [5.41, 5.74) is 1.19. The van der Waals surface area contributed by atoms with Crippen LogP contribution in [0.25, 0.3) is 0 Å². The molecule has 1 amide bonds. The zero-order valence-corrected chi connectivity index (χ0v) is 13.7. The summed E-state index contributed by atoms with van der Waals surface area (Å²) in [6.07, 6.45) is 1.02. The van der Waals surface area contributed by atoms with Gasteiger partial charge in [-0.15, -0.1) is 0 Å². The SMILES string of the molecule is COc1ccc(CCNC(=O)C(C)N2CCOC(C)C2)cc1. The number of amides is 1. The van der Waals surface area contributed by atoms with Crippen LogP contribution in [0.1, 0.15) is 19.4 Å². The second kappa shape index (κ2) is 8.15. The van der Waals surface area contributed by atoms with Crippen LogP contribution >= 0.6 is 0 Å². The molecule has 0 spiro atoms. The Balaban J connectivity index is 1.74. The summed E-state index contributed by atoms with van der Waals surface area (Å²) in [6, 6.07) is 7.82. The van der Waals surface area contributed by atoms with Crippen LogP contribution in [0.2, 0.25) is 0 Å². The fourth-order valence-electron chi connectivity index (χ4n) is 2.63. The standard InChI is InChI=1S/C17H26N2O3/c1-13-12-19(10-11-22-13)14(2)17(20)18-9-8-15-4-6-16(21-3)7-5-15/h4-7,13-14H,8-12H2,1-3H3,(H,18,20). The highest BCUT2D eigenvalue weighted by Crippen LogP contribution is 2.11. The number of morpholine rings is 1. The fraction of sp³-hybridized carbons (Fsp3) is 0.588. The molecule has 2 rings (SSSR count). The number of hydrogen-bond donors (Lipinski definition) is 1. The number of methoxy groups -OCH3 is 1. The maximum absolute atomic E-state index is 12.2. The quantitative estimate of drug-likeness (QED) is 0.864. The van der Waals surface area contributed by atoms with Gasteiger partial charge in [-0.2, -0.15) is 0 Å². The zero-order valence-electron chi connectivity index (χ0n) is 13.7. The number of hydrogen-bond acceptors (Lipinski definition) is 4. The lowest BCUT2D eigenvalue weighted by Crippen LogP contribution is -2.51. The molecule has 1 aromatic rings. The number of rotatable bonds is 6. The third kappa shape index (κ3) is 4.71. The number of carbonyl (C=O) groups excluding carboxylic acids is 1. The number of nitrogens with one attached hydrogen (secondary N) is 1. The van der Waals surface area contributed by atoms with Crippen molar-refractivity contribution in [2.75, 3.05) is 33.4 Å². The van der Waals surface area contributed by atoms with Gasteiger partial charge in [0.05, 0.1) is 25.9 Å². The molecule has 5 heteroatoms. The second-order valence-corrected chi connectivity index (χ2v) is 5.74. The van der Waals surface area contributed by atoms with Crippen molar-refractivity contribution < 1.29 is 14.3 Å². The van der Waals surface area contributed by atoms with E-state index < -0.39 is 0 Å². The van der Waals surface area contributed by atoms with E-state index in [0.717, 1.165) is 25.3 Å². The van der Waals surface area contributed by atoms with E-state index in [2.05, 4.69) is 10.2 Å². The van der Waals surface area contributed by atoms with Gasteiger partial charge in [-0.05, 0) is 38.0 Å². The Morgan fingerprint density at radius 3 is 2.82 bits per heavy atom. The molecule has 1 N–H and O–H groups in total. The van der Waals surface area contributed by atoms with Gasteiger partial charge in [0.25, 0.3) is 0 Å². The van der Waals surface area contributed by atoms with Crippen LogP contribution in [0.15, 0.2) is 24.3 Å². The minimum atomic E-state index is -0.109. The van der Waals surface area contributed by atoms with Crippen molar-refractivity contribution in [3.05, 3.63) is 29.8 Å². The predicted molar refractivity (Wildman–Crippen MR) is 86.2 cm³/mol. The summed E-state index contributed by atoms with van der Waals surface area (Å²) in [5, 5.41) is 3.02. The first-order valence-corrected chi connectivity index (χ1v) is 7.86. The zero-order chi connectivity index (χ0) is 15.9. The Labute approximate surface area is 132 Å². The van der Waals surface area contributed by atoms with Crippen LogP contribution < -0.4 is 10.1 Å². The fourth-order valence-corrected chi connectivity index (χ4v) is 2.63. The van der Waals surface area contributed by atoms with Gasteiger partial charge in [0.2, 0.25) is 5.91 Å². The van der Waals surface area contributed by atoms with E-state index in [9.17, 15) is 4.79 Å². The number of carbonyl (C=O) groups is 1. The lowest BCUT2D eigenvalue weighted by atomic mass is 10.1. The van der Waals surface area contributed by atoms with E-state index in [1.165, 1.54) is 5.56 Å². The number of ether oxygens (including phenoxy) is 2. The lowest BCUT2D eigenvalue weighted by molar-refractivity contribution is -0.128. The Kier molecular flexibility index (Phi) is 6.21. The summed E-state index contributed by atoms with van der Waals surface area (Å²) < 4.78 is 10.6. The van der Waals surface area contributed by atoms with Gasteiger partial charge in [0.1, 0.15) is 5.75 Å². The highest BCUT2D eigenvalue weighted by Gasteiger charge is 2.25. The van der Waals surface area contributed by atoms with Crippen LogP contribution in [0.4, 0.5) is 0 Å². The van der Waals surface area contributed by atoms with Crippen LogP contribution in [-0.2, 0) is 16.0 Å². The average Bonchev–Trinajstić information content (AvgIpc) is 2.54. The van der Waals surface area contributed by atoms with Crippen molar-refractivity contribution in [2.24, 2.45) is 0 Å². The molecule has 2 unspecified atom stereocenters. The largest absolute Gasteiger partial charge is 0.497 e. The van der Waals surface area contributed by atoms with Crippen molar-refractivity contribution in [1.82, 2.24) is 10.2 Å². The van der Waals surface area contributed by atoms with Crippen molar-refractivity contribution in [3.8, 4) is 5.75 Å². The van der Waals surface area contributed by atoms with Crippen LogP contribution in [0, 0.1) is 0 Å². The molecule has 1 saturated heterocycles. The molecule has 2 atom stereocenters. The molecular formula is C17H26N2O3. The first kappa shape index (κ1) is 16.8. The molecule has 1 aliphatic heterocycles. The summed E-state index contributed by atoms with van der Waals surface area (Å²) >= 11 is 0. The van der Waals surface area contributed by atoms with E-state index >= 15 is 0 Å². The second-order valence-electron chi connectivity index (χ2n) is 5.74. The summed E-state index contributed by atoms with van der Waals surface area (Å²) in [5.74, 6) is 0.936. The van der Waals surface area contributed by atoms with Crippen molar-refractivity contribution >= 4 is 5.91 Å². The monoisotopic (exact) mass is 306 g/mol. The van der Waals surface area contributed by atoms with E-state index in [0.29, 0.717) is 13.2 Å². The minimum Gasteiger partial charge on any atom is -0.497 e. The molecule has 22 heavy (non-hydrogen) atoms. The normalized spacial score (nSPS) is 20.4. The van der Waals surface area contributed by atoms with Gasteiger partial charge < -0.3 is 14.8 Å². The third-order valence-corrected chi connectivity index (χ3v) is 4.07. The maximum Gasteiger partial charge on any atom is 0.237 e. The van der Waals surface area contributed by atoms with E-state index in [1.54, 1.807) is 7.11 Å². The van der Waals surface area contributed by atoms with E-state index in [4.69, 9.17) is 9.47 Å². The Morgan fingerprint density at radius 1 is 1.45 bits per heavy atom. The van der Waals surface area contributed by atoms with Gasteiger partial charge in [0.15, 0.2) is 0 Å². The Bertz CT molecular complexity index is 475. The lowest BCUT2D eigenvalue weighted by Gasteiger charge is -2.34. The molecule has 1 fully saturated rings. The maximum atomic E-state index is 12.2. The van der Waals surface area contributed by atoms with Gasteiger partial charge in [-0.25, -0.2) is 0 Å². The summed E-state index contributed by atoms with van der Waals surface area (Å²) in [6.45, 7) is 6.98. The van der Waals surface area contributed by atoms with Crippen LogP contribution in [-0.4, -0.2) is 56.3 Å². The molecule has 1 heterocycles. The van der Waals surface area contributed by atoms with Crippen molar-refractivity contribution in [2.45, 2.75) is 32.4 Å². The van der Waals surface area contributed by atoms with Gasteiger partial charge >= 0.3 is 0 Å².